The maximum Gasteiger partial charge on any atom is 0.327 e. The third-order valence-corrected chi connectivity index (χ3v) is 2.54. The van der Waals surface area contributed by atoms with Crippen LogP contribution in [-0.2, 0) is 9.59 Å². The first kappa shape index (κ1) is 14.9. The van der Waals surface area contributed by atoms with Gasteiger partial charge in [0.05, 0.1) is 6.61 Å². The normalized spacial score (nSPS) is 16.2. The quantitative estimate of drug-likeness (QED) is 0.466. The molecule has 0 aromatic heterocycles. The average Bonchev–Trinajstić information content (AvgIpc) is 2.23. The lowest BCUT2D eigenvalue weighted by Crippen LogP contribution is -2.54. The van der Waals surface area contributed by atoms with E-state index in [9.17, 15) is 9.59 Å². The van der Waals surface area contributed by atoms with Gasteiger partial charge >= 0.3 is 5.97 Å². The first-order chi connectivity index (χ1) is 7.34. The van der Waals surface area contributed by atoms with Crippen molar-refractivity contribution < 1.29 is 19.8 Å². The van der Waals surface area contributed by atoms with Crippen molar-refractivity contribution >= 4 is 11.9 Å². The van der Waals surface area contributed by atoms with Crippen LogP contribution in [0, 0.1) is 0 Å². The van der Waals surface area contributed by atoms with E-state index in [0.717, 1.165) is 0 Å². The molecule has 0 heterocycles. The summed E-state index contributed by atoms with van der Waals surface area (Å²) >= 11 is 0. The predicted molar refractivity (Wildman–Crippen MR) is 59.0 cm³/mol. The fourth-order valence-electron chi connectivity index (χ4n) is 1.09. The lowest BCUT2D eigenvalue weighted by Gasteiger charge is -2.29. The summed E-state index contributed by atoms with van der Waals surface area (Å²) in [6.07, 6.45) is 0.663. The third-order valence-electron chi connectivity index (χ3n) is 2.54. The van der Waals surface area contributed by atoms with E-state index in [1.54, 1.807) is 6.92 Å². The monoisotopic (exact) mass is 232 g/mol. The number of carboxylic acid groups (broad SMARTS) is 1. The van der Waals surface area contributed by atoms with Crippen molar-refractivity contribution in [3.63, 3.8) is 0 Å². The van der Waals surface area contributed by atoms with Gasteiger partial charge in [0.15, 0.2) is 0 Å². The van der Waals surface area contributed by atoms with E-state index in [1.807, 2.05) is 6.92 Å². The number of nitrogens with one attached hydrogen (secondary N) is 2. The molecule has 6 heteroatoms. The maximum atomic E-state index is 10.8. The number of aliphatic hydroxyl groups excluding tert-OH is 1. The zero-order valence-electron chi connectivity index (χ0n) is 9.91. The summed E-state index contributed by atoms with van der Waals surface area (Å²) in [6.45, 7) is 4.94. The van der Waals surface area contributed by atoms with E-state index in [2.05, 4.69) is 10.6 Å². The summed E-state index contributed by atoms with van der Waals surface area (Å²) in [7, 11) is 0. The van der Waals surface area contributed by atoms with Gasteiger partial charge < -0.3 is 20.8 Å². The number of hydrogen-bond acceptors (Lipinski definition) is 4. The van der Waals surface area contributed by atoms with Crippen LogP contribution in [0.25, 0.3) is 0 Å². The van der Waals surface area contributed by atoms with Crippen LogP contribution < -0.4 is 10.6 Å². The number of carboxylic acids is 1. The van der Waals surface area contributed by atoms with Gasteiger partial charge in [-0.05, 0) is 13.3 Å². The van der Waals surface area contributed by atoms with E-state index in [0.29, 0.717) is 6.42 Å². The first-order valence-corrected chi connectivity index (χ1v) is 5.20. The van der Waals surface area contributed by atoms with Crippen LogP contribution in [0.5, 0.6) is 0 Å². The number of aliphatic hydroxyl groups is 1. The molecule has 0 bridgehead atoms. The number of rotatable bonds is 7. The highest BCUT2D eigenvalue weighted by molar-refractivity contribution is 5.82. The molecule has 0 aliphatic rings. The summed E-state index contributed by atoms with van der Waals surface area (Å²) < 4.78 is 0. The van der Waals surface area contributed by atoms with Crippen molar-refractivity contribution in [2.24, 2.45) is 0 Å². The minimum Gasteiger partial charge on any atom is -0.480 e. The summed E-state index contributed by atoms with van der Waals surface area (Å²) in [6, 6.07) is -0.977. The fourth-order valence-corrected chi connectivity index (χ4v) is 1.09. The van der Waals surface area contributed by atoms with Gasteiger partial charge in [-0.15, -0.1) is 0 Å². The topological polar surface area (TPSA) is 98.7 Å². The molecule has 0 spiro atoms. The summed E-state index contributed by atoms with van der Waals surface area (Å²) in [5.41, 5.74) is -0.522. The Morgan fingerprint density at radius 3 is 2.31 bits per heavy atom. The molecule has 4 N–H and O–H groups in total. The van der Waals surface area contributed by atoms with E-state index in [4.69, 9.17) is 10.2 Å². The van der Waals surface area contributed by atoms with Crippen molar-refractivity contribution in [2.45, 2.75) is 38.8 Å². The van der Waals surface area contributed by atoms with E-state index >= 15 is 0 Å². The highest BCUT2D eigenvalue weighted by Crippen LogP contribution is 2.07. The lowest BCUT2D eigenvalue weighted by molar-refractivity contribution is -0.141. The largest absolute Gasteiger partial charge is 0.480 e. The molecule has 2 atom stereocenters. The Balaban J connectivity index is 4.31. The number of aliphatic carboxylic acids is 1. The Labute approximate surface area is 95.0 Å². The molecular formula is C10H20N2O4. The number of carbonyl (C=O) groups excluding carboxylic acids is 1. The molecule has 0 radical (unpaired) electrons. The Hall–Kier alpha value is -1.14. The molecule has 0 aliphatic carbocycles. The van der Waals surface area contributed by atoms with Crippen LogP contribution in [0.4, 0.5) is 0 Å². The van der Waals surface area contributed by atoms with Gasteiger partial charge in [0.1, 0.15) is 6.04 Å². The molecule has 0 fully saturated rings. The van der Waals surface area contributed by atoms with Gasteiger partial charge in [-0.3, -0.25) is 4.79 Å². The molecule has 2 unspecified atom stereocenters. The Morgan fingerprint density at radius 1 is 1.44 bits per heavy atom. The molecule has 16 heavy (non-hydrogen) atoms. The Morgan fingerprint density at radius 2 is 2.00 bits per heavy atom. The van der Waals surface area contributed by atoms with Crippen molar-refractivity contribution in [2.75, 3.05) is 13.2 Å². The summed E-state index contributed by atoms with van der Waals surface area (Å²) in [4.78, 5) is 21.6. The van der Waals surface area contributed by atoms with Gasteiger partial charge in [-0.2, -0.15) is 0 Å². The van der Waals surface area contributed by atoms with Crippen LogP contribution in [0.3, 0.4) is 0 Å². The molecule has 0 aliphatic heterocycles. The van der Waals surface area contributed by atoms with Crippen LogP contribution >= 0.6 is 0 Å². The van der Waals surface area contributed by atoms with Gasteiger partial charge in [-0.1, -0.05) is 6.92 Å². The molecule has 0 rings (SSSR count). The van der Waals surface area contributed by atoms with E-state index in [-0.39, 0.29) is 13.2 Å². The van der Waals surface area contributed by atoms with Crippen LogP contribution in [-0.4, -0.2) is 46.8 Å². The zero-order chi connectivity index (χ0) is 12.8. The lowest BCUT2D eigenvalue weighted by atomic mass is 10.00. The van der Waals surface area contributed by atoms with Gasteiger partial charge in [-0.25, -0.2) is 4.79 Å². The highest BCUT2D eigenvalue weighted by Gasteiger charge is 2.25. The molecular weight excluding hydrogens is 212 g/mol. The predicted octanol–water partition coefficient (Wildman–Crippen LogP) is -0.674. The average molecular weight is 232 g/mol. The minimum atomic E-state index is -1.10. The summed E-state index contributed by atoms with van der Waals surface area (Å²) in [5, 5.41) is 23.2. The maximum absolute atomic E-state index is 10.8. The number of hydrogen-bond donors (Lipinski definition) is 4. The van der Waals surface area contributed by atoms with Crippen molar-refractivity contribution in [3.8, 4) is 0 Å². The van der Waals surface area contributed by atoms with Crippen LogP contribution in [0.15, 0.2) is 0 Å². The molecule has 0 saturated heterocycles. The molecule has 0 aromatic carbocycles. The van der Waals surface area contributed by atoms with Gasteiger partial charge in [0, 0.05) is 19.0 Å². The second-order valence-corrected chi connectivity index (χ2v) is 4.04. The molecule has 94 valence electrons. The fraction of sp³-hybridized carbons (Fsp3) is 0.800. The van der Waals surface area contributed by atoms with Crippen molar-refractivity contribution in [1.82, 2.24) is 10.6 Å². The van der Waals surface area contributed by atoms with Crippen LogP contribution in [0.2, 0.25) is 0 Å². The standard InChI is InChI=1S/C10H20N2O4/c1-4-10(3,6-13)11-5-8(9(15)16)12-7(2)14/h8,11,13H,4-6H2,1-3H3,(H,12,14)(H,15,16). The van der Waals surface area contributed by atoms with E-state index in [1.165, 1.54) is 6.92 Å². The molecule has 0 aromatic rings. The Bertz CT molecular complexity index is 251. The zero-order valence-corrected chi connectivity index (χ0v) is 9.91. The molecule has 6 nitrogen and oxygen atoms in total. The second kappa shape index (κ2) is 6.44. The smallest absolute Gasteiger partial charge is 0.327 e. The first-order valence-electron chi connectivity index (χ1n) is 5.20. The van der Waals surface area contributed by atoms with Gasteiger partial charge in [0.25, 0.3) is 0 Å². The summed E-state index contributed by atoms with van der Waals surface area (Å²) in [5.74, 6) is -1.49. The number of carbonyl (C=O) groups is 2. The third kappa shape index (κ3) is 5.09. The number of amides is 1. The van der Waals surface area contributed by atoms with Crippen molar-refractivity contribution in [1.29, 1.82) is 0 Å². The van der Waals surface area contributed by atoms with Gasteiger partial charge in [0.2, 0.25) is 5.91 Å². The molecule has 0 saturated carbocycles. The van der Waals surface area contributed by atoms with Crippen molar-refractivity contribution in [3.05, 3.63) is 0 Å². The minimum absolute atomic E-state index is 0.0831. The highest BCUT2D eigenvalue weighted by atomic mass is 16.4. The molecule has 1 amide bonds. The second-order valence-electron chi connectivity index (χ2n) is 4.04. The SMILES string of the molecule is CCC(C)(CO)NCC(NC(C)=O)C(=O)O. The van der Waals surface area contributed by atoms with E-state index < -0.39 is 23.5 Å². The Kier molecular flexibility index (Phi) is 5.98. The van der Waals surface area contributed by atoms with Crippen LogP contribution in [0.1, 0.15) is 27.2 Å².